The van der Waals surface area contributed by atoms with Crippen LogP contribution >= 0.6 is 0 Å². The van der Waals surface area contributed by atoms with Gasteiger partial charge in [0.1, 0.15) is 5.75 Å². The fraction of sp³-hybridized carbons (Fsp3) is 0.600. The standard InChI is InChI=1S/C15H23NO2/c1-12(13-5-3-4-6-14(13)17)16-11-15(2)7-9-18-10-8-15/h3-6,12,16-17H,7-11H2,1-2H3. The second-order valence-electron chi connectivity index (χ2n) is 5.58. The molecular formula is C15H23NO2. The lowest BCUT2D eigenvalue weighted by Gasteiger charge is -2.34. The minimum atomic E-state index is 0.172. The van der Waals surface area contributed by atoms with Gasteiger partial charge < -0.3 is 15.2 Å². The molecule has 3 nitrogen and oxygen atoms in total. The molecule has 1 aliphatic rings. The number of ether oxygens (including phenoxy) is 1. The van der Waals surface area contributed by atoms with E-state index in [0.717, 1.165) is 38.2 Å². The molecule has 0 amide bonds. The van der Waals surface area contributed by atoms with Crippen molar-refractivity contribution in [2.24, 2.45) is 5.41 Å². The van der Waals surface area contributed by atoms with Crippen LogP contribution in [0.5, 0.6) is 5.75 Å². The van der Waals surface area contributed by atoms with E-state index >= 15 is 0 Å². The summed E-state index contributed by atoms with van der Waals surface area (Å²) < 4.78 is 5.41. The maximum Gasteiger partial charge on any atom is 0.120 e. The summed E-state index contributed by atoms with van der Waals surface area (Å²) >= 11 is 0. The molecule has 0 aliphatic carbocycles. The summed E-state index contributed by atoms with van der Waals surface area (Å²) in [5, 5.41) is 13.4. The molecule has 1 saturated heterocycles. The van der Waals surface area contributed by atoms with Crippen LogP contribution in [0, 0.1) is 5.41 Å². The van der Waals surface area contributed by atoms with E-state index in [1.54, 1.807) is 6.07 Å². The summed E-state index contributed by atoms with van der Waals surface area (Å²) in [6.07, 6.45) is 2.21. The summed E-state index contributed by atoms with van der Waals surface area (Å²) in [7, 11) is 0. The number of aromatic hydroxyl groups is 1. The zero-order valence-electron chi connectivity index (χ0n) is 11.3. The van der Waals surface area contributed by atoms with E-state index in [1.807, 2.05) is 18.2 Å². The molecule has 0 aromatic heterocycles. The molecule has 1 fully saturated rings. The smallest absolute Gasteiger partial charge is 0.120 e. The van der Waals surface area contributed by atoms with Crippen LogP contribution in [-0.2, 0) is 4.74 Å². The van der Waals surface area contributed by atoms with Crippen molar-refractivity contribution in [1.29, 1.82) is 0 Å². The Labute approximate surface area is 109 Å². The van der Waals surface area contributed by atoms with E-state index in [2.05, 4.69) is 19.2 Å². The predicted molar refractivity (Wildman–Crippen MR) is 72.7 cm³/mol. The lowest BCUT2D eigenvalue weighted by molar-refractivity contribution is 0.0230. The molecule has 1 atom stereocenters. The van der Waals surface area contributed by atoms with Crippen molar-refractivity contribution in [2.75, 3.05) is 19.8 Å². The van der Waals surface area contributed by atoms with Gasteiger partial charge in [0.25, 0.3) is 0 Å². The molecule has 100 valence electrons. The molecule has 1 heterocycles. The number of para-hydroxylation sites is 1. The van der Waals surface area contributed by atoms with Crippen molar-refractivity contribution in [3.05, 3.63) is 29.8 Å². The highest BCUT2D eigenvalue weighted by molar-refractivity contribution is 5.34. The van der Waals surface area contributed by atoms with Crippen molar-refractivity contribution in [3.8, 4) is 5.75 Å². The minimum Gasteiger partial charge on any atom is -0.508 e. The van der Waals surface area contributed by atoms with Gasteiger partial charge in [0, 0.05) is 31.4 Å². The van der Waals surface area contributed by atoms with Gasteiger partial charge in [0.15, 0.2) is 0 Å². The molecule has 1 aromatic rings. The van der Waals surface area contributed by atoms with E-state index < -0.39 is 0 Å². The monoisotopic (exact) mass is 249 g/mol. The Kier molecular flexibility index (Phi) is 4.25. The number of nitrogens with one attached hydrogen (secondary N) is 1. The van der Waals surface area contributed by atoms with Gasteiger partial charge >= 0.3 is 0 Å². The summed E-state index contributed by atoms with van der Waals surface area (Å²) in [6, 6.07) is 7.70. The Morgan fingerprint density at radius 1 is 1.33 bits per heavy atom. The first-order valence-electron chi connectivity index (χ1n) is 6.70. The molecule has 18 heavy (non-hydrogen) atoms. The first-order chi connectivity index (χ1) is 8.61. The van der Waals surface area contributed by atoms with Gasteiger partial charge in [-0.3, -0.25) is 0 Å². The maximum absolute atomic E-state index is 9.82. The van der Waals surface area contributed by atoms with E-state index in [0.29, 0.717) is 11.2 Å². The second-order valence-corrected chi connectivity index (χ2v) is 5.58. The van der Waals surface area contributed by atoms with Crippen molar-refractivity contribution in [1.82, 2.24) is 5.32 Å². The van der Waals surface area contributed by atoms with Gasteiger partial charge in [-0.05, 0) is 31.2 Å². The normalized spacial score (nSPS) is 20.6. The first-order valence-corrected chi connectivity index (χ1v) is 6.70. The molecule has 0 saturated carbocycles. The van der Waals surface area contributed by atoms with E-state index in [1.165, 1.54) is 0 Å². The third-order valence-corrected chi connectivity index (χ3v) is 3.94. The number of phenols is 1. The number of phenolic OH excluding ortho intramolecular Hbond substituents is 1. The highest BCUT2D eigenvalue weighted by Gasteiger charge is 2.27. The summed E-state index contributed by atoms with van der Waals surface area (Å²) in [5.41, 5.74) is 1.28. The lowest BCUT2D eigenvalue weighted by atomic mass is 9.82. The van der Waals surface area contributed by atoms with Crippen LogP contribution in [0.3, 0.4) is 0 Å². The van der Waals surface area contributed by atoms with Gasteiger partial charge in [0.05, 0.1) is 0 Å². The van der Waals surface area contributed by atoms with Crippen LogP contribution in [0.25, 0.3) is 0 Å². The molecular weight excluding hydrogens is 226 g/mol. The Morgan fingerprint density at radius 3 is 2.67 bits per heavy atom. The Balaban J connectivity index is 1.92. The fourth-order valence-electron chi connectivity index (χ4n) is 2.40. The minimum absolute atomic E-state index is 0.172. The highest BCUT2D eigenvalue weighted by atomic mass is 16.5. The Morgan fingerprint density at radius 2 is 2.00 bits per heavy atom. The molecule has 1 aromatic carbocycles. The highest BCUT2D eigenvalue weighted by Crippen LogP contribution is 2.30. The fourth-order valence-corrected chi connectivity index (χ4v) is 2.40. The zero-order valence-corrected chi connectivity index (χ0v) is 11.3. The van der Waals surface area contributed by atoms with Crippen molar-refractivity contribution in [3.63, 3.8) is 0 Å². The molecule has 2 N–H and O–H groups in total. The van der Waals surface area contributed by atoms with Gasteiger partial charge in [0.2, 0.25) is 0 Å². The first kappa shape index (κ1) is 13.4. The van der Waals surface area contributed by atoms with Crippen molar-refractivity contribution in [2.45, 2.75) is 32.7 Å². The molecule has 0 spiro atoms. The number of rotatable bonds is 4. The third-order valence-electron chi connectivity index (χ3n) is 3.94. The SMILES string of the molecule is CC(NCC1(C)CCOCC1)c1ccccc1O. The van der Waals surface area contributed by atoms with Gasteiger partial charge in [-0.2, -0.15) is 0 Å². The van der Waals surface area contributed by atoms with Crippen LogP contribution in [0.1, 0.15) is 38.3 Å². The predicted octanol–water partition coefficient (Wildman–Crippen LogP) is 2.86. The molecule has 1 aliphatic heterocycles. The largest absolute Gasteiger partial charge is 0.508 e. The molecule has 2 rings (SSSR count). The van der Waals surface area contributed by atoms with Crippen LogP contribution in [-0.4, -0.2) is 24.9 Å². The average molecular weight is 249 g/mol. The maximum atomic E-state index is 9.82. The third kappa shape index (κ3) is 3.24. The van der Waals surface area contributed by atoms with Crippen molar-refractivity contribution < 1.29 is 9.84 Å². The molecule has 0 radical (unpaired) electrons. The van der Waals surface area contributed by atoms with Crippen LogP contribution in [0.2, 0.25) is 0 Å². The molecule has 3 heteroatoms. The lowest BCUT2D eigenvalue weighted by Crippen LogP contribution is -2.37. The summed E-state index contributed by atoms with van der Waals surface area (Å²) in [5.74, 6) is 0.370. The number of hydrogen-bond acceptors (Lipinski definition) is 3. The summed E-state index contributed by atoms with van der Waals surface area (Å²) in [4.78, 5) is 0. The Bertz CT molecular complexity index is 386. The zero-order chi connectivity index (χ0) is 13.0. The van der Waals surface area contributed by atoms with Gasteiger partial charge in [-0.15, -0.1) is 0 Å². The van der Waals surface area contributed by atoms with E-state index in [9.17, 15) is 5.11 Å². The summed E-state index contributed by atoms with van der Waals surface area (Å²) in [6.45, 7) is 7.09. The van der Waals surface area contributed by atoms with E-state index in [-0.39, 0.29) is 6.04 Å². The average Bonchev–Trinajstić information content (AvgIpc) is 2.38. The topological polar surface area (TPSA) is 41.5 Å². The van der Waals surface area contributed by atoms with Gasteiger partial charge in [-0.25, -0.2) is 0 Å². The van der Waals surface area contributed by atoms with Gasteiger partial charge in [-0.1, -0.05) is 25.1 Å². The molecule has 1 unspecified atom stereocenters. The van der Waals surface area contributed by atoms with Crippen LogP contribution < -0.4 is 5.32 Å². The quantitative estimate of drug-likeness (QED) is 0.862. The van der Waals surface area contributed by atoms with Crippen LogP contribution in [0.4, 0.5) is 0 Å². The second kappa shape index (κ2) is 5.72. The molecule has 0 bridgehead atoms. The van der Waals surface area contributed by atoms with Crippen molar-refractivity contribution >= 4 is 0 Å². The van der Waals surface area contributed by atoms with E-state index in [4.69, 9.17) is 4.74 Å². The Hall–Kier alpha value is -1.06. The number of hydrogen-bond donors (Lipinski definition) is 2. The number of benzene rings is 1. The van der Waals surface area contributed by atoms with Crippen LogP contribution in [0.15, 0.2) is 24.3 Å².